The molecule has 1 saturated heterocycles. The third-order valence-electron chi connectivity index (χ3n) is 4.13. The molecule has 1 aliphatic heterocycles. The van der Waals surface area contributed by atoms with Gasteiger partial charge in [0.2, 0.25) is 0 Å². The second kappa shape index (κ2) is 9.41. The van der Waals surface area contributed by atoms with Crippen LogP contribution >= 0.6 is 0 Å². The number of carbonyl (C=O) groups is 1. The molecule has 27 heavy (non-hydrogen) atoms. The molecular weight excluding hydrogens is 342 g/mol. The molecule has 0 aliphatic carbocycles. The number of nitriles is 1. The van der Waals surface area contributed by atoms with Crippen LogP contribution in [-0.2, 0) is 16.1 Å². The van der Waals surface area contributed by atoms with Gasteiger partial charge in [-0.05, 0) is 29.8 Å². The van der Waals surface area contributed by atoms with Crippen LogP contribution in [0.15, 0.2) is 66.4 Å². The molecule has 1 heterocycles. The van der Waals surface area contributed by atoms with Crippen LogP contribution in [0.25, 0.3) is 0 Å². The zero-order valence-corrected chi connectivity index (χ0v) is 14.9. The van der Waals surface area contributed by atoms with E-state index in [0.717, 1.165) is 17.0 Å². The van der Waals surface area contributed by atoms with E-state index in [1.807, 2.05) is 60.7 Å². The van der Waals surface area contributed by atoms with Crippen molar-refractivity contribution < 1.29 is 14.3 Å². The molecule has 0 spiro atoms. The SMILES string of the molecule is N#CC(=CNc1ccc(OCc2ccccc2)cc1)C(=O)N1CCOCC1. The fourth-order valence-corrected chi connectivity index (χ4v) is 2.62. The van der Waals surface area contributed by atoms with Gasteiger partial charge in [-0.3, -0.25) is 4.79 Å². The van der Waals surface area contributed by atoms with Crippen molar-refractivity contribution in [3.8, 4) is 11.8 Å². The van der Waals surface area contributed by atoms with E-state index in [2.05, 4.69) is 5.32 Å². The molecule has 0 unspecified atom stereocenters. The van der Waals surface area contributed by atoms with Crippen molar-refractivity contribution in [3.05, 3.63) is 71.9 Å². The van der Waals surface area contributed by atoms with E-state index in [1.54, 1.807) is 4.90 Å². The molecule has 0 aromatic heterocycles. The zero-order valence-electron chi connectivity index (χ0n) is 14.9. The Hall–Kier alpha value is -3.30. The lowest BCUT2D eigenvalue weighted by Crippen LogP contribution is -2.41. The summed E-state index contributed by atoms with van der Waals surface area (Å²) in [7, 11) is 0. The number of carbonyl (C=O) groups excluding carboxylic acids is 1. The molecular formula is C21H21N3O3. The number of nitrogens with zero attached hydrogens (tertiary/aromatic N) is 2. The van der Waals surface area contributed by atoms with Crippen LogP contribution in [0.1, 0.15) is 5.56 Å². The van der Waals surface area contributed by atoms with Gasteiger partial charge in [-0.15, -0.1) is 0 Å². The second-order valence-electron chi connectivity index (χ2n) is 6.02. The van der Waals surface area contributed by atoms with E-state index in [1.165, 1.54) is 6.20 Å². The highest BCUT2D eigenvalue weighted by atomic mass is 16.5. The predicted octanol–water partition coefficient (Wildman–Crippen LogP) is 2.94. The first kappa shape index (κ1) is 18.5. The average molecular weight is 363 g/mol. The molecule has 2 aromatic rings. The van der Waals surface area contributed by atoms with Gasteiger partial charge < -0.3 is 19.7 Å². The minimum absolute atomic E-state index is 0.0707. The molecule has 0 bridgehead atoms. The van der Waals surface area contributed by atoms with Crippen molar-refractivity contribution in [3.63, 3.8) is 0 Å². The summed E-state index contributed by atoms with van der Waals surface area (Å²) in [6.07, 6.45) is 1.44. The van der Waals surface area contributed by atoms with Gasteiger partial charge in [0.05, 0.1) is 13.2 Å². The first-order valence-electron chi connectivity index (χ1n) is 8.77. The summed E-state index contributed by atoms with van der Waals surface area (Å²) in [5, 5.41) is 12.3. The van der Waals surface area contributed by atoms with E-state index in [-0.39, 0.29) is 11.5 Å². The molecule has 3 rings (SSSR count). The summed E-state index contributed by atoms with van der Waals surface area (Å²) < 4.78 is 11.0. The van der Waals surface area contributed by atoms with E-state index in [0.29, 0.717) is 32.9 Å². The standard InChI is InChI=1S/C21H21N3O3/c22-14-18(21(25)24-10-12-26-13-11-24)15-23-19-6-8-20(9-7-19)27-16-17-4-2-1-3-5-17/h1-9,15,23H,10-13,16H2. The van der Waals surface area contributed by atoms with Crippen LogP contribution in [0.2, 0.25) is 0 Å². The number of morpholine rings is 1. The number of rotatable bonds is 6. The van der Waals surface area contributed by atoms with Gasteiger partial charge in [0, 0.05) is 25.0 Å². The van der Waals surface area contributed by atoms with Gasteiger partial charge in [-0.1, -0.05) is 30.3 Å². The number of nitrogens with one attached hydrogen (secondary N) is 1. The Balaban J connectivity index is 1.55. The first-order chi connectivity index (χ1) is 13.3. The minimum atomic E-state index is -0.281. The van der Waals surface area contributed by atoms with Crippen LogP contribution in [-0.4, -0.2) is 37.1 Å². The van der Waals surface area contributed by atoms with Crippen LogP contribution in [0.5, 0.6) is 5.75 Å². The largest absolute Gasteiger partial charge is 0.489 e. The first-order valence-corrected chi connectivity index (χ1v) is 8.77. The molecule has 2 aromatic carbocycles. The lowest BCUT2D eigenvalue weighted by Gasteiger charge is -2.26. The maximum Gasteiger partial charge on any atom is 0.266 e. The number of ether oxygens (including phenoxy) is 2. The molecule has 138 valence electrons. The van der Waals surface area contributed by atoms with Gasteiger partial charge >= 0.3 is 0 Å². The van der Waals surface area contributed by atoms with Crippen LogP contribution in [0.4, 0.5) is 5.69 Å². The highest BCUT2D eigenvalue weighted by Gasteiger charge is 2.20. The third kappa shape index (κ3) is 5.33. The highest BCUT2D eigenvalue weighted by Crippen LogP contribution is 2.17. The number of benzene rings is 2. The fraction of sp³-hybridized carbons (Fsp3) is 0.238. The van der Waals surface area contributed by atoms with Crippen LogP contribution in [0.3, 0.4) is 0 Å². The van der Waals surface area contributed by atoms with E-state index in [4.69, 9.17) is 9.47 Å². The minimum Gasteiger partial charge on any atom is -0.489 e. The van der Waals surface area contributed by atoms with Crippen molar-refractivity contribution in [2.45, 2.75) is 6.61 Å². The molecule has 1 amide bonds. The highest BCUT2D eigenvalue weighted by molar-refractivity contribution is 5.97. The lowest BCUT2D eigenvalue weighted by atomic mass is 10.2. The molecule has 1 fully saturated rings. The lowest BCUT2D eigenvalue weighted by molar-refractivity contribution is -0.130. The summed E-state index contributed by atoms with van der Waals surface area (Å²) in [5.41, 5.74) is 1.94. The summed E-state index contributed by atoms with van der Waals surface area (Å²) in [4.78, 5) is 14.0. The van der Waals surface area contributed by atoms with Gasteiger partial charge in [0.15, 0.2) is 0 Å². The van der Waals surface area contributed by atoms with Crippen molar-refractivity contribution in [1.29, 1.82) is 5.26 Å². The monoisotopic (exact) mass is 363 g/mol. The van der Waals surface area contributed by atoms with Crippen molar-refractivity contribution in [2.24, 2.45) is 0 Å². The van der Waals surface area contributed by atoms with E-state index in [9.17, 15) is 10.1 Å². The van der Waals surface area contributed by atoms with Gasteiger partial charge in [0.25, 0.3) is 5.91 Å². The molecule has 0 saturated carbocycles. The Morgan fingerprint density at radius 3 is 2.52 bits per heavy atom. The van der Waals surface area contributed by atoms with Crippen molar-refractivity contribution in [2.75, 3.05) is 31.6 Å². The van der Waals surface area contributed by atoms with Gasteiger partial charge in [0.1, 0.15) is 24.0 Å². The van der Waals surface area contributed by atoms with Gasteiger partial charge in [-0.2, -0.15) is 5.26 Å². The average Bonchev–Trinajstić information content (AvgIpc) is 2.75. The maximum atomic E-state index is 12.3. The maximum absolute atomic E-state index is 12.3. The summed E-state index contributed by atoms with van der Waals surface area (Å²) in [5.74, 6) is 0.467. The summed E-state index contributed by atoms with van der Waals surface area (Å²) in [6, 6.07) is 19.3. The van der Waals surface area contributed by atoms with Crippen LogP contribution < -0.4 is 10.1 Å². The Bertz CT molecular complexity index is 820. The van der Waals surface area contributed by atoms with Crippen molar-refractivity contribution >= 4 is 11.6 Å². The molecule has 6 heteroatoms. The molecule has 1 N–H and O–H groups in total. The molecule has 1 aliphatic rings. The number of hydrogen-bond donors (Lipinski definition) is 1. The van der Waals surface area contributed by atoms with Gasteiger partial charge in [-0.25, -0.2) is 0 Å². The van der Waals surface area contributed by atoms with Crippen molar-refractivity contribution in [1.82, 2.24) is 4.90 Å². The number of amides is 1. The zero-order chi connectivity index (χ0) is 18.9. The summed E-state index contributed by atoms with van der Waals surface area (Å²) >= 11 is 0. The fourth-order valence-electron chi connectivity index (χ4n) is 2.62. The molecule has 0 radical (unpaired) electrons. The van der Waals surface area contributed by atoms with Crippen LogP contribution in [0, 0.1) is 11.3 Å². The Kier molecular flexibility index (Phi) is 6.45. The second-order valence-corrected chi connectivity index (χ2v) is 6.02. The molecule has 6 nitrogen and oxygen atoms in total. The predicted molar refractivity (Wildman–Crippen MR) is 102 cm³/mol. The van der Waals surface area contributed by atoms with E-state index >= 15 is 0 Å². The third-order valence-corrected chi connectivity index (χ3v) is 4.13. The quantitative estimate of drug-likeness (QED) is 0.631. The Morgan fingerprint density at radius 1 is 1.15 bits per heavy atom. The molecule has 0 atom stereocenters. The smallest absolute Gasteiger partial charge is 0.266 e. The Labute approximate surface area is 158 Å². The topological polar surface area (TPSA) is 74.6 Å². The Morgan fingerprint density at radius 2 is 1.85 bits per heavy atom. The summed E-state index contributed by atoms with van der Waals surface area (Å²) in [6.45, 7) is 2.52. The number of hydrogen-bond acceptors (Lipinski definition) is 5. The van der Waals surface area contributed by atoms with E-state index < -0.39 is 0 Å². The number of anilines is 1. The normalized spacial score (nSPS) is 14.3.